The molecule has 2 heterocycles. The topological polar surface area (TPSA) is 78.1 Å². The highest BCUT2D eigenvalue weighted by molar-refractivity contribution is 7.19. The molecular weight excluding hydrogens is 352 g/mol. The van der Waals surface area contributed by atoms with Crippen LogP contribution >= 0.6 is 22.9 Å². The smallest absolute Gasteiger partial charge is 0.318 e. The van der Waals surface area contributed by atoms with Crippen LogP contribution in [0.2, 0.25) is 5.02 Å². The van der Waals surface area contributed by atoms with Gasteiger partial charge in [0.1, 0.15) is 12.1 Å². The Labute approximate surface area is 146 Å². The Hall–Kier alpha value is -2.45. The van der Waals surface area contributed by atoms with Crippen LogP contribution in [0.4, 0.5) is 0 Å². The van der Waals surface area contributed by atoms with Gasteiger partial charge in [-0.3, -0.25) is 4.79 Å². The fourth-order valence-corrected chi connectivity index (χ4v) is 3.16. The zero-order valence-corrected chi connectivity index (χ0v) is 14.5. The Kier molecular flexibility index (Phi) is 4.77. The van der Waals surface area contributed by atoms with Gasteiger partial charge in [0.2, 0.25) is 11.4 Å². The van der Waals surface area contributed by atoms with Gasteiger partial charge >= 0.3 is 5.97 Å². The van der Waals surface area contributed by atoms with Gasteiger partial charge in [-0.05, 0) is 19.1 Å². The van der Waals surface area contributed by atoms with Crippen LogP contribution < -0.4 is 0 Å². The van der Waals surface area contributed by atoms with Crippen LogP contribution in [0.25, 0.3) is 15.5 Å². The third kappa shape index (κ3) is 3.39. The normalized spacial score (nSPS) is 11.3. The minimum Gasteiger partial charge on any atom is -0.411 e. The van der Waals surface area contributed by atoms with Crippen molar-refractivity contribution in [1.29, 1.82) is 0 Å². The molecule has 3 aromatic rings. The molecule has 3 rings (SSSR count). The molecular formula is C15H13ClN4O3S. The molecule has 0 fully saturated rings. The summed E-state index contributed by atoms with van der Waals surface area (Å²) in [6.07, 6.45) is 0.987. The number of carbonyl (C=O) groups excluding carboxylic acids is 1. The first kappa shape index (κ1) is 16.4. The number of benzene rings is 1. The van der Waals surface area contributed by atoms with E-state index < -0.39 is 5.97 Å². The predicted octanol–water partition coefficient (Wildman–Crippen LogP) is 3.10. The van der Waals surface area contributed by atoms with Crippen molar-refractivity contribution in [3.63, 3.8) is 0 Å². The van der Waals surface area contributed by atoms with Gasteiger partial charge in [-0.1, -0.05) is 40.2 Å². The highest BCUT2D eigenvalue weighted by Gasteiger charge is 2.17. The van der Waals surface area contributed by atoms with Crippen molar-refractivity contribution in [2.75, 3.05) is 7.11 Å². The Morgan fingerprint density at radius 2 is 2.17 bits per heavy atom. The number of esters is 1. The number of carbonyl (C=O) groups is 1. The molecule has 7 nitrogen and oxygen atoms in total. The van der Waals surface area contributed by atoms with Crippen LogP contribution in [0.15, 0.2) is 29.4 Å². The molecule has 1 aromatic carbocycles. The van der Waals surface area contributed by atoms with E-state index in [1.54, 1.807) is 4.52 Å². The monoisotopic (exact) mass is 364 g/mol. The van der Waals surface area contributed by atoms with Crippen molar-refractivity contribution >= 4 is 40.3 Å². The average Bonchev–Trinajstić information content (AvgIpc) is 3.09. The third-order valence-electron chi connectivity index (χ3n) is 3.26. The molecule has 0 atom stereocenters. The average molecular weight is 365 g/mol. The molecule has 0 aliphatic heterocycles. The first-order valence-corrected chi connectivity index (χ1v) is 8.13. The summed E-state index contributed by atoms with van der Waals surface area (Å²) in [6.45, 7) is 1.86. The molecule has 9 heteroatoms. The standard InChI is InChI=1S/C15H13ClN4O3S/c1-9-12(7-13(21)23-8-17-22-2)18-15-20(9)19-14(24-15)10-3-5-11(16)6-4-10/h3-6,8H,7H2,1-2H3. The van der Waals surface area contributed by atoms with E-state index >= 15 is 0 Å². The summed E-state index contributed by atoms with van der Waals surface area (Å²) >= 11 is 7.34. The number of hydrogen-bond acceptors (Lipinski definition) is 7. The van der Waals surface area contributed by atoms with E-state index in [1.165, 1.54) is 18.4 Å². The van der Waals surface area contributed by atoms with Crippen LogP contribution in [-0.2, 0) is 20.8 Å². The quantitative estimate of drug-likeness (QED) is 0.301. The van der Waals surface area contributed by atoms with Gasteiger partial charge in [0.15, 0.2) is 0 Å². The van der Waals surface area contributed by atoms with Crippen molar-refractivity contribution in [3.8, 4) is 10.6 Å². The summed E-state index contributed by atoms with van der Waals surface area (Å²) in [5, 5.41) is 9.40. The van der Waals surface area contributed by atoms with E-state index in [9.17, 15) is 4.79 Å². The molecule has 0 N–H and O–H groups in total. The molecule has 0 saturated heterocycles. The van der Waals surface area contributed by atoms with E-state index in [0.29, 0.717) is 15.7 Å². The van der Waals surface area contributed by atoms with Gasteiger partial charge in [-0.15, -0.1) is 0 Å². The van der Waals surface area contributed by atoms with Gasteiger partial charge in [0.25, 0.3) is 0 Å². The lowest BCUT2D eigenvalue weighted by Crippen LogP contribution is -2.08. The number of ether oxygens (including phenoxy) is 1. The number of oxime groups is 1. The minimum atomic E-state index is -0.470. The van der Waals surface area contributed by atoms with E-state index in [-0.39, 0.29) is 6.42 Å². The molecule has 0 radical (unpaired) electrons. The number of aromatic nitrogens is 3. The van der Waals surface area contributed by atoms with E-state index in [4.69, 9.17) is 16.3 Å². The summed E-state index contributed by atoms with van der Waals surface area (Å²) in [7, 11) is 1.36. The Bertz CT molecular complexity index is 901. The van der Waals surface area contributed by atoms with Crippen LogP contribution in [0.3, 0.4) is 0 Å². The molecule has 0 aliphatic rings. The van der Waals surface area contributed by atoms with E-state index in [1.807, 2.05) is 31.2 Å². The third-order valence-corrected chi connectivity index (χ3v) is 4.47. The summed E-state index contributed by atoms with van der Waals surface area (Å²) in [5.41, 5.74) is 2.38. The second-order valence-electron chi connectivity index (χ2n) is 4.81. The SMILES string of the molecule is CON=COC(=O)Cc1nc2sc(-c3ccc(Cl)cc3)nn2c1C. The maximum absolute atomic E-state index is 11.7. The Morgan fingerprint density at radius 1 is 1.42 bits per heavy atom. The van der Waals surface area contributed by atoms with Crippen LogP contribution in [0.1, 0.15) is 11.4 Å². The fraction of sp³-hybridized carbons (Fsp3) is 0.200. The minimum absolute atomic E-state index is 0.0356. The van der Waals surface area contributed by atoms with E-state index in [0.717, 1.165) is 22.7 Å². The van der Waals surface area contributed by atoms with Crippen molar-refractivity contribution in [1.82, 2.24) is 14.6 Å². The second-order valence-corrected chi connectivity index (χ2v) is 6.20. The summed E-state index contributed by atoms with van der Waals surface area (Å²) in [5.74, 6) is -0.470. The zero-order chi connectivity index (χ0) is 17.1. The van der Waals surface area contributed by atoms with Crippen molar-refractivity contribution in [2.45, 2.75) is 13.3 Å². The Morgan fingerprint density at radius 3 is 2.83 bits per heavy atom. The number of halogens is 1. The van der Waals surface area contributed by atoms with Gasteiger partial charge in [0.05, 0.1) is 17.8 Å². The lowest BCUT2D eigenvalue weighted by atomic mass is 10.2. The van der Waals surface area contributed by atoms with Crippen molar-refractivity contribution in [2.24, 2.45) is 5.16 Å². The Balaban J connectivity index is 1.82. The molecule has 124 valence electrons. The maximum atomic E-state index is 11.7. The number of fused-ring (bicyclic) bond motifs is 1. The van der Waals surface area contributed by atoms with Gasteiger partial charge in [-0.25, -0.2) is 9.50 Å². The molecule has 0 spiro atoms. The van der Waals surface area contributed by atoms with Crippen molar-refractivity contribution < 1.29 is 14.4 Å². The largest absolute Gasteiger partial charge is 0.411 e. The predicted molar refractivity (Wildman–Crippen MR) is 91.3 cm³/mol. The summed E-state index contributed by atoms with van der Waals surface area (Å²) in [6, 6.07) is 7.44. The molecule has 0 unspecified atom stereocenters. The van der Waals surface area contributed by atoms with Crippen LogP contribution in [-0.4, -0.2) is 34.1 Å². The summed E-state index contributed by atoms with van der Waals surface area (Å²) < 4.78 is 6.51. The lowest BCUT2D eigenvalue weighted by Gasteiger charge is -1.98. The number of aryl methyl sites for hydroxylation is 1. The van der Waals surface area contributed by atoms with Gasteiger partial charge in [-0.2, -0.15) is 5.10 Å². The molecule has 2 aromatic heterocycles. The van der Waals surface area contributed by atoms with Crippen LogP contribution in [0, 0.1) is 6.92 Å². The van der Waals surface area contributed by atoms with Crippen LogP contribution in [0.5, 0.6) is 0 Å². The first-order valence-electron chi connectivity index (χ1n) is 6.94. The number of nitrogens with zero attached hydrogens (tertiary/aromatic N) is 4. The first-order chi connectivity index (χ1) is 11.6. The maximum Gasteiger partial charge on any atom is 0.318 e. The second kappa shape index (κ2) is 6.98. The number of imidazole rings is 1. The highest BCUT2D eigenvalue weighted by Crippen LogP contribution is 2.28. The fourth-order valence-electron chi connectivity index (χ4n) is 2.07. The van der Waals surface area contributed by atoms with Gasteiger partial charge in [0, 0.05) is 10.6 Å². The molecule has 0 amide bonds. The van der Waals surface area contributed by atoms with Gasteiger partial charge < -0.3 is 9.57 Å². The van der Waals surface area contributed by atoms with Crippen molar-refractivity contribution in [3.05, 3.63) is 40.7 Å². The molecule has 0 aliphatic carbocycles. The molecule has 0 saturated carbocycles. The molecule has 24 heavy (non-hydrogen) atoms. The molecule has 0 bridgehead atoms. The number of hydrogen-bond donors (Lipinski definition) is 0. The van der Waals surface area contributed by atoms with E-state index in [2.05, 4.69) is 20.1 Å². The lowest BCUT2D eigenvalue weighted by molar-refractivity contribution is -0.134. The summed E-state index contributed by atoms with van der Waals surface area (Å²) in [4.78, 5) is 21.3. The number of rotatable bonds is 5. The zero-order valence-electron chi connectivity index (χ0n) is 12.9. The highest BCUT2D eigenvalue weighted by atomic mass is 35.5.